The number of amides is 5. The molecule has 0 radical (unpaired) electrons. The first-order chi connectivity index (χ1) is 48.0. The molecule has 16 heterocycles. The molecule has 17 rings (SSSR count). The lowest BCUT2D eigenvalue weighted by molar-refractivity contribution is -0.0396. The second-order valence-corrected chi connectivity index (χ2v) is 30.4. The predicted molar refractivity (Wildman–Crippen MR) is 369 cm³/mol. The number of nitrogens with zero attached hydrogens (tertiary/aromatic N) is 12. The zero-order valence-electron chi connectivity index (χ0n) is 58.3. The molecule has 1 aliphatic carbocycles. The van der Waals surface area contributed by atoms with E-state index in [0.717, 1.165) is 57.5 Å². The Kier molecular flexibility index (Phi) is 19.1. The number of methoxy groups -OCH3 is 1. The topological polar surface area (TPSA) is 328 Å². The highest BCUT2D eigenvalue weighted by Gasteiger charge is 2.54. The Hall–Kier alpha value is -8.74. The van der Waals surface area contributed by atoms with E-state index in [4.69, 9.17) is 4.74 Å². The number of aromatic nitrogens is 5. The molecule has 542 valence electrons. The Morgan fingerprint density at radius 2 is 0.931 bits per heavy atom. The summed E-state index contributed by atoms with van der Waals surface area (Å²) in [4.78, 5) is 136. The fourth-order valence-corrected chi connectivity index (χ4v) is 19.2. The number of aromatic hydroxyl groups is 5. The molecule has 12 atom stereocenters. The number of hydrogen-bond acceptors (Lipinski definition) is 19. The molecule has 5 amide bonds. The van der Waals surface area contributed by atoms with Crippen LogP contribution in [-0.4, -0.2) is 224 Å². The molecule has 5 aromatic rings. The van der Waals surface area contributed by atoms with E-state index in [2.05, 4.69) is 16.7 Å². The average molecular weight is 1420 g/mol. The third-order valence-corrected chi connectivity index (χ3v) is 24.2. The van der Waals surface area contributed by atoms with Crippen molar-refractivity contribution in [1.82, 2.24) is 57.1 Å². The molecule has 6 saturated heterocycles. The second kappa shape index (κ2) is 27.2. The van der Waals surface area contributed by atoms with Crippen molar-refractivity contribution in [2.75, 3.05) is 45.6 Å². The van der Waals surface area contributed by atoms with Crippen molar-refractivity contribution in [2.24, 2.45) is 5.92 Å². The number of ether oxygens (including phenoxy) is 1. The fraction of sp³-hybridized carbons (Fsp3) is 0.577. The van der Waals surface area contributed by atoms with Gasteiger partial charge in [0.1, 0.15) is 18.5 Å². The van der Waals surface area contributed by atoms with Crippen molar-refractivity contribution in [3.8, 4) is 28.7 Å². The van der Waals surface area contributed by atoms with E-state index in [-0.39, 0.29) is 112 Å². The molecule has 0 aromatic carbocycles. The van der Waals surface area contributed by atoms with Crippen LogP contribution in [0, 0.1) is 40.5 Å². The van der Waals surface area contributed by atoms with Crippen molar-refractivity contribution in [2.45, 2.75) is 212 Å². The molecular weight excluding hydrogens is 1330 g/mol. The van der Waals surface area contributed by atoms with E-state index in [1.165, 1.54) is 12.8 Å². The first kappa shape index (κ1) is 70.7. The van der Waals surface area contributed by atoms with Gasteiger partial charge in [0.05, 0.1) is 43.7 Å². The maximum atomic E-state index is 13.4. The molecule has 7 fully saturated rings. The van der Waals surface area contributed by atoms with Gasteiger partial charge in [0.25, 0.3) is 29.5 Å². The zero-order valence-corrected chi connectivity index (χ0v) is 59.2. The molecule has 2 bridgehead atoms. The van der Waals surface area contributed by atoms with Gasteiger partial charge >= 0.3 is 0 Å². The van der Waals surface area contributed by atoms with Crippen LogP contribution >= 0.6 is 11.8 Å². The van der Waals surface area contributed by atoms with Gasteiger partial charge in [-0.1, -0.05) is 0 Å². The Balaban J connectivity index is 0.000000113. The molecule has 5 aromatic heterocycles. The number of hydrogen-bond donors (Lipinski definition) is 5. The quantitative estimate of drug-likeness (QED) is 0.172. The van der Waals surface area contributed by atoms with Gasteiger partial charge in [-0.05, 0) is 118 Å². The van der Waals surface area contributed by atoms with Crippen molar-refractivity contribution in [1.29, 1.82) is 0 Å². The van der Waals surface area contributed by atoms with Crippen LogP contribution in [0.4, 0.5) is 4.39 Å². The van der Waals surface area contributed by atoms with Gasteiger partial charge in [-0.25, -0.2) is 4.39 Å². The van der Waals surface area contributed by atoms with Gasteiger partial charge in [-0.3, -0.25) is 57.7 Å². The Bertz CT molecular complexity index is 4530. The Labute approximate surface area is 585 Å². The molecule has 11 aliphatic heterocycles. The van der Waals surface area contributed by atoms with Gasteiger partial charge in [0, 0.05) is 142 Å². The van der Waals surface area contributed by atoms with Crippen molar-refractivity contribution >= 4 is 41.3 Å². The maximum absolute atomic E-state index is 13.4. The summed E-state index contributed by atoms with van der Waals surface area (Å²) in [6.07, 6.45) is 15.5. The third-order valence-electron chi connectivity index (χ3n) is 22.9. The van der Waals surface area contributed by atoms with Crippen LogP contribution in [0.25, 0.3) is 0 Å². The average Bonchev–Trinajstić information content (AvgIpc) is 1.66. The summed E-state index contributed by atoms with van der Waals surface area (Å²) in [5.41, 5.74) is 0.566. The molecule has 0 spiro atoms. The molecular formula is C71H89FN12O16S. The smallest absolute Gasteiger partial charge is 0.276 e. The minimum atomic E-state index is -0.885. The lowest BCUT2D eigenvalue weighted by atomic mass is 9.96. The highest BCUT2D eigenvalue weighted by Crippen LogP contribution is 2.46. The van der Waals surface area contributed by atoms with Crippen LogP contribution in [0.2, 0.25) is 0 Å². The van der Waals surface area contributed by atoms with Crippen LogP contribution in [0.1, 0.15) is 159 Å². The van der Waals surface area contributed by atoms with Crippen LogP contribution < -0.4 is 27.1 Å². The highest BCUT2D eigenvalue weighted by molar-refractivity contribution is 7.99. The molecule has 28 nitrogen and oxygen atoms in total. The lowest BCUT2D eigenvalue weighted by Crippen LogP contribution is -2.64. The molecule has 1 saturated carbocycles. The van der Waals surface area contributed by atoms with E-state index >= 15 is 0 Å². The van der Waals surface area contributed by atoms with E-state index in [1.807, 2.05) is 23.6 Å². The number of halogens is 1. The summed E-state index contributed by atoms with van der Waals surface area (Å²) in [5.74, 6) is -1.77. The number of alkyl halides is 1. The van der Waals surface area contributed by atoms with Gasteiger partial charge < -0.3 is 77.6 Å². The minimum Gasteiger partial charge on any atom is -0.503 e. The summed E-state index contributed by atoms with van der Waals surface area (Å²) in [6, 6.07) is 1.15. The molecule has 12 aliphatic rings. The van der Waals surface area contributed by atoms with Crippen molar-refractivity contribution in [3.05, 3.63) is 138 Å². The van der Waals surface area contributed by atoms with Crippen molar-refractivity contribution < 1.29 is 58.6 Å². The summed E-state index contributed by atoms with van der Waals surface area (Å²) in [7, 11) is 1.66. The first-order valence-electron chi connectivity index (χ1n) is 35.0. The fourth-order valence-electron chi connectivity index (χ4n) is 17.7. The highest BCUT2D eigenvalue weighted by atomic mass is 32.2. The molecule has 5 N–H and O–H groups in total. The largest absolute Gasteiger partial charge is 0.503 e. The number of carbonyl (C=O) groups excluding carboxylic acids is 5. The predicted octanol–water partition coefficient (Wildman–Crippen LogP) is 3.75. The van der Waals surface area contributed by atoms with E-state index in [0.29, 0.717) is 105 Å². The van der Waals surface area contributed by atoms with Gasteiger partial charge in [-0.15, -0.1) is 11.8 Å². The van der Waals surface area contributed by atoms with E-state index in [9.17, 15) is 77.9 Å². The Morgan fingerprint density at radius 1 is 0.465 bits per heavy atom. The molecule has 0 unspecified atom stereocenters. The summed E-state index contributed by atoms with van der Waals surface area (Å²) in [5, 5.41) is 50.2. The zero-order chi connectivity index (χ0) is 72.4. The number of fused-ring (bicyclic) bond motifs is 16. The monoisotopic (exact) mass is 1420 g/mol. The van der Waals surface area contributed by atoms with Gasteiger partial charge in [0.2, 0.25) is 27.1 Å². The lowest BCUT2D eigenvalue weighted by Gasteiger charge is -2.50. The standard InChI is InChI=1S/C16H23N3O4.C15H19N3O3.C14H16N2O3.C13H15FN2O3.C13H16N2O3S/c1-10-8-18-9-12-17(6-7-23-3)5-4-11(2)19(12)16(22)13(18)15(21)14(10)20;1-8-6-16-7-11-17-5-3-4-10(17)9(2)18(11)15(21)12(16)14(20)13(8)19;1-7-5-15-6-10-8-2-3-9(4-8)16(10)14(19)11(15)13(18)12(7)17;1-7-5-15-6-9-4-8(14)2-3-16(9)13(19)10(15)12(18)11(7)17;1-7-5-14-6-9-15(8(2)3-4-19-9)13(18)10(14)12(17)11(7)16/h8,11-12,21H,4-7,9H2,1-3H3;6,9-11,20H,3-5,7H2,1-2H3;5,8-10,18H,2-4,6H2,1H3;5,8-9,18H,2-4,6H2,1H3;5,8-9,17H,3-4,6H2,1-2H3/t11-,12-;9-,10+,11-;8-,9+,10+;8-,9-;8-,9+/m00101/s1. The summed E-state index contributed by atoms with van der Waals surface area (Å²) < 4.78 is 27.1. The van der Waals surface area contributed by atoms with Crippen LogP contribution in [0.5, 0.6) is 28.7 Å². The number of rotatable bonds is 3. The number of piperidine rings is 2. The minimum absolute atomic E-state index is 0.0316. The first-order valence-corrected chi connectivity index (χ1v) is 36.1. The summed E-state index contributed by atoms with van der Waals surface area (Å²) in [6.45, 7) is 20.9. The Morgan fingerprint density at radius 3 is 1.48 bits per heavy atom. The maximum Gasteiger partial charge on any atom is 0.276 e. The third kappa shape index (κ3) is 12.0. The normalized spacial score (nSPS) is 27.8. The van der Waals surface area contributed by atoms with Crippen LogP contribution in [-0.2, 0) is 37.5 Å². The van der Waals surface area contributed by atoms with E-state index < -0.39 is 56.3 Å². The van der Waals surface area contributed by atoms with Crippen molar-refractivity contribution in [3.63, 3.8) is 0 Å². The number of pyridine rings is 5. The van der Waals surface area contributed by atoms with Crippen LogP contribution in [0.15, 0.2) is 55.0 Å². The number of thioether (sulfide) groups is 1. The van der Waals surface area contributed by atoms with Gasteiger partial charge in [-0.2, -0.15) is 0 Å². The summed E-state index contributed by atoms with van der Waals surface area (Å²) >= 11 is 1.76. The van der Waals surface area contributed by atoms with E-state index in [1.54, 1.807) is 122 Å². The van der Waals surface area contributed by atoms with Crippen LogP contribution in [0.3, 0.4) is 0 Å². The second-order valence-electron chi connectivity index (χ2n) is 29.2. The molecule has 30 heteroatoms. The number of aryl methyl sites for hydroxylation is 5. The SMILES string of the molecule is COCCN1CC[C@H](C)N2C(=O)c3c(O)c(=O)c(C)cn3C[C@@H]12.Cc1cn2c(c(O)c1=O)C(=O)N1CC[C@H](F)C[C@H]1C2.Cc1cn2c(c(O)c1=O)C(=O)N1[C@@H](C)[C@H]3CCCN3[C@@H]1C2.Cc1cn2c(c(O)c1=O)C(=O)N1[C@H](C)CCS[C@H]1C2.Cc1cn2c(c(O)c1=O)C(=O)N1[C@H]3CC[C@H](C3)[C@@H]1C2. The van der Waals surface area contributed by atoms with Gasteiger partial charge in [0.15, 0.2) is 57.2 Å². The molecule has 101 heavy (non-hydrogen) atoms. The number of carbonyl (C=O) groups is 5.